The standard InChI is InChI=1S/C16H27N3O2.HI/c1-5-21-11-10-19-16(17-3)18-9-8-14-12-13(2)6-7-15(14)20-4;/h6-7,12H,5,8-11H2,1-4H3,(H2,17,18,19);1H. The Balaban J connectivity index is 0.00000441. The Hall–Kier alpha value is -1.02. The molecule has 1 rings (SSSR count). The van der Waals surface area contributed by atoms with Crippen molar-refractivity contribution in [2.75, 3.05) is 40.5 Å². The molecule has 1 aromatic carbocycles. The highest BCUT2D eigenvalue weighted by molar-refractivity contribution is 14.0. The quantitative estimate of drug-likeness (QED) is 0.293. The van der Waals surface area contributed by atoms with E-state index in [4.69, 9.17) is 9.47 Å². The first-order chi connectivity index (χ1) is 10.2. The summed E-state index contributed by atoms with van der Waals surface area (Å²) in [5.41, 5.74) is 2.44. The van der Waals surface area contributed by atoms with Gasteiger partial charge in [-0.15, -0.1) is 24.0 Å². The van der Waals surface area contributed by atoms with Crippen LogP contribution in [0.15, 0.2) is 23.2 Å². The fourth-order valence-corrected chi connectivity index (χ4v) is 2.02. The van der Waals surface area contributed by atoms with Crippen LogP contribution in [0.3, 0.4) is 0 Å². The van der Waals surface area contributed by atoms with Gasteiger partial charge >= 0.3 is 0 Å². The molecule has 0 aliphatic rings. The average Bonchev–Trinajstić information content (AvgIpc) is 2.50. The smallest absolute Gasteiger partial charge is 0.191 e. The van der Waals surface area contributed by atoms with Crippen molar-refractivity contribution >= 4 is 29.9 Å². The van der Waals surface area contributed by atoms with Crippen LogP contribution in [-0.2, 0) is 11.2 Å². The van der Waals surface area contributed by atoms with Gasteiger partial charge < -0.3 is 20.1 Å². The first-order valence-electron chi connectivity index (χ1n) is 7.37. The monoisotopic (exact) mass is 421 g/mol. The molecule has 0 aliphatic heterocycles. The summed E-state index contributed by atoms with van der Waals surface area (Å²) in [7, 11) is 3.47. The molecule has 0 radical (unpaired) electrons. The molecule has 6 heteroatoms. The summed E-state index contributed by atoms with van der Waals surface area (Å²) in [4.78, 5) is 4.18. The molecule has 0 aliphatic carbocycles. The fourth-order valence-electron chi connectivity index (χ4n) is 2.02. The maximum Gasteiger partial charge on any atom is 0.191 e. The van der Waals surface area contributed by atoms with Crippen molar-refractivity contribution in [3.8, 4) is 5.75 Å². The van der Waals surface area contributed by atoms with Gasteiger partial charge in [-0.1, -0.05) is 17.7 Å². The van der Waals surface area contributed by atoms with Crippen LogP contribution in [0.4, 0.5) is 0 Å². The van der Waals surface area contributed by atoms with E-state index >= 15 is 0 Å². The highest BCUT2D eigenvalue weighted by Gasteiger charge is 2.04. The number of aryl methyl sites for hydroxylation is 1. The van der Waals surface area contributed by atoms with Gasteiger partial charge in [-0.3, -0.25) is 4.99 Å². The lowest BCUT2D eigenvalue weighted by Crippen LogP contribution is -2.39. The highest BCUT2D eigenvalue weighted by Crippen LogP contribution is 2.19. The Kier molecular flexibility index (Phi) is 11.9. The minimum absolute atomic E-state index is 0. The van der Waals surface area contributed by atoms with Crippen LogP contribution in [-0.4, -0.2) is 46.4 Å². The van der Waals surface area contributed by atoms with E-state index in [1.165, 1.54) is 11.1 Å². The number of hydrogen-bond acceptors (Lipinski definition) is 3. The van der Waals surface area contributed by atoms with Crippen LogP contribution in [0.5, 0.6) is 5.75 Å². The van der Waals surface area contributed by atoms with Crippen molar-refractivity contribution in [2.24, 2.45) is 4.99 Å². The summed E-state index contributed by atoms with van der Waals surface area (Å²) in [5, 5.41) is 6.51. The van der Waals surface area contributed by atoms with Gasteiger partial charge in [0.2, 0.25) is 0 Å². The average molecular weight is 421 g/mol. The number of nitrogens with zero attached hydrogens (tertiary/aromatic N) is 1. The molecule has 22 heavy (non-hydrogen) atoms. The van der Waals surface area contributed by atoms with Gasteiger partial charge in [-0.05, 0) is 31.9 Å². The van der Waals surface area contributed by atoms with Crippen LogP contribution < -0.4 is 15.4 Å². The molecule has 126 valence electrons. The molecule has 2 N–H and O–H groups in total. The Morgan fingerprint density at radius 3 is 2.59 bits per heavy atom. The van der Waals surface area contributed by atoms with Gasteiger partial charge in [0.25, 0.3) is 0 Å². The topological polar surface area (TPSA) is 54.9 Å². The van der Waals surface area contributed by atoms with Crippen molar-refractivity contribution < 1.29 is 9.47 Å². The first kappa shape index (κ1) is 21.0. The van der Waals surface area contributed by atoms with Crippen LogP contribution in [0.2, 0.25) is 0 Å². The molecule has 0 heterocycles. The summed E-state index contributed by atoms with van der Waals surface area (Å²) < 4.78 is 10.7. The van der Waals surface area contributed by atoms with Crippen molar-refractivity contribution in [1.29, 1.82) is 0 Å². The van der Waals surface area contributed by atoms with Crippen LogP contribution in [0.1, 0.15) is 18.1 Å². The number of halogens is 1. The molecule has 0 amide bonds. The summed E-state index contributed by atoms with van der Waals surface area (Å²) in [5.74, 6) is 1.73. The van der Waals surface area contributed by atoms with E-state index in [1.807, 2.05) is 13.0 Å². The molecule has 0 spiro atoms. The van der Waals surface area contributed by atoms with Gasteiger partial charge in [0.05, 0.1) is 13.7 Å². The number of benzene rings is 1. The lowest BCUT2D eigenvalue weighted by Gasteiger charge is -2.13. The molecule has 0 saturated carbocycles. The normalized spacial score (nSPS) is 10.8. The Morgan fingerprint density at radius 2 is 1.95 bits per heavy atom. The second-order valence-electron chi connectivity index (χ2n) is 4.69. The Labute approximate surface area is 150 Å². The first-order valence-corrected chi connectivity index (χ1v) is 7.37. The van der Waals surface area contributed by atoms with E-state index in [1.54, 1.807) is 14.2 Å². The third kappa shape index (κ3) is 7.84. The van der Waals surface area contributed by atoms with Gasteiger partial charge in [0.15, 0.2) is 5.96 Å². The molecular weight excluding hydrogens is 393 g/mol. The zero-order chi connectivity index (χ0) is 15.5. The fraction of sp³-hybridized carbons (Fsp3) is 0.562. The predicted octanol–water partition coefficient (Wildman–Crippen LogP) is 2.37. The van der Waals surface area contributed by atoms with E-state index in [-0.39, 0.29) is 24.0 Å². The summed E-state index contributed by atoms with van der Waals surface area (Å²) in [6, 6.07) is 6.23. The maximum atomic E-state index is 5.39. The zero-order valence-electron chi connectivity index (χ0n) is 13.9. The molecule has 0 aromatic heterocycles. The molecule has 0 bridgehead atoms. The largest absolute Gasteiger partial charge is 0.496 e. The van der Waals surface area contributed by atoms with Crippen LogP contribution in [0.25, 0.3) is 0 Å². The number of nitrogens with one attached hydrogen (secondary N) is 2. The van der Waals surface area contributed by atoms with Gasteiger partial charge in [0.1, 0.15) is 5.75 Å². The van der Waals surface area contributed by atoms with Crippen molar-refractivity contribution in [2.45, 2.75) is 20.3 Å². The van der Waals surface area contributed by atoms with E-state index in [0.29, 0.717) is 6.61 Å². The van der Waals surface area contributed by atoms with E-state index < -0.39 is 0 Å². The molecule has 1 aromatic rings. The number of hydrogen-bond donors (Lipinski definition) is 2. The maximum absolute atomic E-state index is 5.39. The summed E-state index contributed by atoms with van der Waals surface area (Å²) in [6.45, 7) is 7.05. The van der Waals surface area contributed by atoms with Gasteiger partial charge in [-0.2, -0.15) is 0 Å². The van der Waals surface area contributed by atoms with E-state index in [0.717, 1.165) is 37.8 Å². The molecule has 0 atom stereocenters. The van der Waals surface area contributed by atoms with E-state index in [2.05, 4.69) is 34.7 Å². The molecule has 0 unspecified atom stereocenters. The number of guanidine groups is 1. The minimum atomic E-state index is 0. The number of rotatable bonds is 8. The number of ether oxygens (including phenoxy) is 2. The minimum Gasteiger partial charge on any atom is -0.496 e. The highest BCUT2D eigenvalue weighted by atomic mass is 127. The van der Waals surface area contributed by atoms with Gasteiger partial charge in [0, 0.05) is 26.7 Å². The van der Waals surface area contributed by atoms with Crippen LogP contribution in [0, 0.1) is 6.92 Å². The van der Waals surface area contributed by atoms with Crippen LogP contribution >= 0.6 is 24.0 Å². The lowest BCUT2D eigenvalue weighted by molar-refractivity contribution is 0.152. The summed E-state index contributed by atoms with van der Waals surface area (Å²) in [6.07, 6.45) is 0.886. The zero-order valence-corrected chi connectivity index (χ0v) is 16.3. The van der Waals surface area contributed by atoms with Crippen molar-refractivity contribution in [1.82, 2.24) is 10.6 Å². The second-order valence-corrected chi connectivity index (χ2v) is 4.69. The van der Waals surface area contributed by atoms with E-state index in [9.17, 15) is 0 Å². The number of aliphatic imine (C=N–C) groups is 1. The lowest BCUT2D eigenvalue weighted by atomic mass is 10.1. The Morgan fingerprint density at radius 1 is 1.23 bits per heavy atom. The molecular formula is C16H28IN3O2. The van der Waals surface area contributed by atoms with Crippen molar-refractivity contribution in [3.63, 3.8) is 0 Å². The summed E-state index contributed by atoms with van der Waals surface area (Å²) >= 11 is 0. The third-order valence-corrected chi connectivity index (χ3v) is 3.09. The number of methoxy groups -OCH3 is 1. The SMILES string of the molecule is CCOCCNC(=NC)NCCc1cc(C)ccc1OC.I. The molecule has 0 saturated heterocycles. The molecule has 5 nitrogen and oxygen atoms in total. The molecule has 0 fully saturated rings. The predicted molar refractivity (Wildman–Crippen MR) is 103 cm³/mol. The third-order valence-electron chi connectivity index (χ3n) is 3.09. The Bertz CT molecular complexity index is 453. The second kappa shape index (κ2) is 12.5. The van der Waals surface area contributed by atoms with Gasteiger partial charge in [-0.25, -0.2) is 0 Å². The van der Waals surface area contributed by atoms with Crippen molar-refractivity contribution in [3.05, 3.63) is 29.3 Å².